The third kappa shape index (κ3) is 2.13. The van der Waals surface area contributed by atoms with Gasteiger partial charge in [0.05, 0.1) is 6.61 Å². The molecule has 1 N–H and O–H groups in total. The minimum atomic E-state index is -0.0961. The van der Waals surface area contributed by atoms with Gasteiger partial charge in [-0.1, -0.05) is 0 Å². The molecule has 0 fully saturated rings. The lowest BCUT2D eigenvalue weighted by atomic mass is 10.1. The SMILES string of the molecule is O=C(CCO)c1ccncc1. The van der Waals surface area contributed by atoms with Gasteiger partial charge < -0.3 is 5.11 Å². The molecule has 1 rings (SSSR count). The largest absolute Gasteiger partial charge is 0.396 e. The third-order valence-electron chi connectivity index (χ3n) is 1.34. The molecule has 0 aromatic carbocycles. The minimum Gasteiger partial charge on any atom is -0.396 e. The predicted octanol–water partition coefficient (Wildman–Crippen LogP) is 0.647. The molecule has 11 heavy (non-hydrogen) atoms. The summed E-state index contributed by atoms with van der Waals surface area (Å²) in [6.45, 7) is -0.0961. The number of rotatable bonds is 3. The molecule has 3 heteroatoms. The van der Waals surface area contributed by atoms with Crippen molar-refractivity contribution in [2.75, 3.05) is 6.61 Å². The Labute approximate surface area is 64.7 Å². The molecule has 0 spiro atoms. The van der Waals surface area contributed by atoms with E-state index in [0.717, 1.165) is 0 Å². The molecule has 0 atom stereocenters. The van der Waals surface area contributed by atoms with Crippen molar-refractivity contribution >= 4 is 5.78 Å². The predicted molar refractivity (Wildman–Crippen MR) is 40.3 cm³/mol. The Hall–Kier alpha value is -1.22. The van der Waals surface area contributed by atoms with Crippen molar-refractivity contribution in [1.29, 1.82) is 0 Å². The van der Waals surface area contributed by atoms with Gasteiger partial charge in [0.2, 0.25) is 0 Å². The molecular weight excluding hydrogens is 142 g/mol. The lowest BCUT2D eigenvalue weighted by Gasteiger charge is -1.95. The van der Waals surface area contributed by atoms with E-state index in [-0.39, 0.29) is 18.8 Å². The number of aliphatic hydroxyl groups is 1. The zero-order valence-electron chi connectivity index (χ0n) is 6.03. The molecule has 0 aliphatic rings. The highest BCUT2D eigenvalue weighted by Crippen LogP contribution is 1.99. The van der Waals surface area contributed by atoms with Gasteiger partial charge in [0.15, 0.2) is 5.78 Å². The topological polar surface area (TPSA) is 50.2 Å². The average Bonchev–Trinajstić information content (AvgIpc) is 2.07. The highest BCUT2D eigenvalue weighted by Gasteiger charge is 2.02. The van der Waals surface area contributed by atoms with Crippen molar-refractivity contribution in [2.45, 2.75) is 6.42 Å². The van der Waals surface area contributed by atoms with E-state index in [0.29, 0.717) is 5.56 Å². The van der Waals surface area contributed by atoms with Crippen molar-refractivity contribution in [2.24, 2.45) is 0 Å². The van der Waals surface area contributed by atoms with E-state index in [2.05, 4.69) is 4.98 Å². The Morgan fingerprint density at radius 2 is 2.09 bits per heavy atom. The number of ketones is 1. The molecule has 0 saturated carbocycles. The molecule has 1 aromatic rings. The van der Waals surface area contributed by atoms with Gasteiger partial charge in [-0.25, -0.2) is 0 Å². The first-order chi connectivity index (χ1) is 5.34. The minimum absolute atomic E-state index is 0.0464. The second kappa shape index (κ2) is 3.83. The van der Waals surface area contributed by atoms with Gasteiger partial charge >= 0.3 is 0 Å². The Balaban J connectivity index is 2.69. The van der Waals surface area contributed by atoms with Crippen LogP contribution in [-0.4, -0.2) is 22.5 Å². The van der Waals surface area contributed by atoms with E-state index in [1.807, 2.05) is 0 Å². The van der Waals surface area contributed by atoms with Crippen molar-refractivity contribution in [3.63, 3.8) is 0 Å². The summed E-state index contributed by atoms with van der Waals surface area (Å²) in [4.78, 5) is 14.8. The van der Waals surface area contributed by atoms with Crippen molar-refractivity contribution < 1.29 is 9.90 Å². The summed E-state index contributed by atoms with van der Waals surface area (Å²) < 4.78 is 0. The molecular formula is C8H9NO2. The van der Waals surface area contributed by atoms with Gasteiger partial charge in [0, 0.05) is 24.4 Å². The first-order valence-electron chi connectivity index (χ1n) is 3.38. The van der Waals surface area contributed by atoms with Gasteiger partial charge in [0.1, 0.15) is 0 Å². The van der Waals surface area contributed by atoms with Gasteiger partial charge in [0.25, 0.3) is 0 Å². The Bertz CT molecular complexity index is 233. The Kier molecular flexibility index (Phi) is 2.74. The molecule has 0 radical (unpaired) electrons. The lowest BCUT2D eigenvalue weighted by molar-refractivity contribution is 0.0956. The Morgan fingerprint density at radius 3 is 2.64 bits per heavy atom. The summed E-state index contributed by atoms with van der Waals surface area (Å²) in [5, 5.41) is 8.46. The van der Waals surface area contributed by atoms with Crippen LogP contribution >= 0.6 is 0 Å². The average molecular weight is 151 g/mol. The molecule has 1 aromatic heterocycles. The highest BCUT2D eigenvalue weighted by molar-refractivity contribution is 5.95. The summed E-state index contributed by atoms with van der Waals surface area (Å²) in [5.41, 5.74) is 0.606. The van der Waals surface area contributed by atoms with E-state index in [4.69, 9.17) is 5.11 Å². The summed E-state index contributed by atoms with van der Waals surface area (Å²) in [6, 6.07) is 3.27. The van der Waals surface area contributed by atoms with E-state index in [1.54, 1.807) is 24.5 Å². The Morgan fingerprint density at radius 1 is 1.45 bits per heavy atom. The lowest BCUT2D eigenvalue weighted by Crippen LogP contribution is -2.01. The van der Waals surface area contributed by atoms with Crippen molar-refractivity contribution in [3.8, 4) is 0 Å². The number of aliphatic hydroxyl groups excluding tert-OH is 1. The van der Waals surface area contributed by atoms with Crippen molar-refractivity contribution in [1.82, 2.24) is 4.98 Å². The van der Waals surface area contributed by atoms with E-state index in [1.165, 1.54) is 0 Å². The molecule has 0 unspecified atom stereocenters. The number of hydrogen-bond acceptors (Lipinski definition) is 3. The van der Waals surface area contributed by atoms with Gasteiger partial charge in [-0.15, -0.1) is 0 Å². The standard InChI is InChI=1S/C8H9NO2/c10-6-3-8(11)7-1-4-9-5-2-7/h1-2,4-5,10H,3,6H2. The van der Waals surface area contributed by atoms with E-state index in [9.17, 15) is 4.79 Å². The normalized spacial score (nSPS) is 9.55. The van der Waals surface area contributed by atoms with Crippen LogP contribution in [0.1, 0.15) is 16.8 Å². The van der Waals surface area contributed by atoms with E-state index < -0.39 is 0 Å². The third-order valence-corrected chi connectivity index (χ3v) is 1.34. The highest BCUT2D eigenvalue weighted by atomic mass is 16.3. The first kappa shape index (κ1) is 7.88. The molecule has 58 valence electrons. The quantitative estimate of drug-likeness (QED) is 0.645. The van der Waals surface area contributed by atoms with Crippen LogP contribution in [0, 0.1) is 0 Å². The van der Waals surface area contributed by atoms with Crippen LogP contribution in [0.25, 0.3) is 0 Å². The number of nitrogens with zero attached hydrogens (tertiary/aromatic N) is 1. The molecule has 0 amide bonds. The number of aromatic nitrogens is 1. The van der Waals surface area contributed by atoms with Gasteiger partial charge in [-0.3, -0.25) is 9.78 Å². The van der Waals surface area contributed by atoms with Crippen LogP contribution in [0.2, 0.25) is 0 Å². The van der Waals surface area contributed by atoms with Crippen LogP contribution in [0.5, 0.6) is 0 Å². The summed E-state index contributed by atoms with van der Waals surface area (Å²) in [6.07, 6.45) is 3.30. The second-order valence-electron chi connectivity index (χ2n) is 2.13. The van der Waals surface area contributed by atoms with Crippen LogP contribution in [0.4, 0.5) is 0 Å². The maximum atomic E-state index is 11.1. The molecule has 0 saturated heterocycles. The summed E-state index contributed by atoms with van der Waals surface area (Å²) in [7, 11) is 0. The van der Waals surface area contributed by atoms with Crippen LogP contribution in [0.3, 0.4) is 0 Å². The van der Waals surface area contributed by atoms with E-state index >= 15 is 0 Å². The van der Waals surface area contributed by atoms with Gasteiger partial charge in [-0.2, -0.15) is 0 Å². The fourth-order valence-corrected chi connectivity index (χ4v) is 0.784. The molecule has 0 aliphatic heterocycles. The maximum absolute atomic E-state index is 11.1. The number of carbonyl (C=O) groups is 1. The summed E-state index contributed by atoms with van der Waals surface area (Å²) >= 11 is 0. The van der Waals surface area contributed by atoms with Crippen molar-refractivity contribution in [3.05, 3.63) is 30.1 Å². The monoisotopic (exact) mass is 151 g/mol. The molecule has 0 aliphatic carbocycles. The maximum Gasteiger partial charge on any atom is 0.165 e. The zero-order chi connectivity index (χ0) is 8.10. The first-order valence-corrected chi connectivity index (χ1v) is 3.38. The fourth-order valence-electron chi connectivity index (χ4n) is 0.784. The number of pyridine rings is 1. The van der Waals surface area contributed by atoms with Crippen LogP contribution in [0.15, 0.2) is 24.5 Å². The summed E-state index contributed by atoms with van der Waals surface area (Å²) in [5.74, 6) is -0.0464. The molecule has 3 nitrogen and oxygen atoms in total. The zero-order valence-corrected chi connectivity index (χ0v) is 6.03. The van der Waals surface area contributed by atoms with Crippen LogP contribution in [-0.2, 0) is 0 Å². The van der Waals surface area contributed by atoms with Crippen LogP contribution < -0.4 is 0 Å². The molecule has 0 bridgehead atoms. The fraction of sp³-hybridized carbons (Fsp3) is 0.250. The number of Topliss-reactive ketones (excluding diaryl/α,β-unsaturated/α-hetero) is 1. The second-order valence-corrected chi connectivity index (χ2v) is 2.13. The van der Waals surface area contributed by atoms with Gasteiger partial charge in [-0.05, 0) is 12.1 Å². The smallest absolute Gasteiger partial charge is 0.165 e. The molecule has 1 heterocycles. The number of hydrogen-bond donors (Lipinski definition) is 1. The number of carbonyl (C=O) groups excluding carboxylic acids is 1.